The van der Waals surface area contributed by atoms with Crippen molar-refractivity contribution in [2.45, 2.75) is 13.2 Å². The van der Waals surface area contributed by atoms with E-state index in [-0.39, 0.29) is 5.75 Å². The van der Waals surface area contributed by atoms with Crippen LogP contribution in [0.5, 0.6) is 5.75 Å². The summed E-state index contributed by atoms with van der Waals surface area (Å²) >= 11 is 0. The minimum Gasteiger partial charge on any atom is -0.435 e. The average molecular weight is 274 g/mol. The van der Waals surface area contributed by atoms with Crippen LogP contribution in [0.25, 0.3) is 0 Å². The van der Waals surface area contributed by atoms with Gasteiger partial charge in [0.2, 0.25) is 0 Å². The van der Waals surface area contributed by atoms with Crippen molar-refractivity contribution in [3.63, 3.8) is 0 Å². The highest BCUT2D eigenvalue weighted by atomic mass is 19.3. The molecule has 0 saturated carbocycles. The molecular formula is C15H12F2N2O. The SMILES string of the molecule is N#Cc1ccc(NCc2ccc(OC(F)F)cc2)cc1. The zero-order chi connectivity index (χ0) is 14.4. The molecule has 0 radical (unpaired) electrons. The summed E-state index contributed by atoms with van der Waals surface area (Å²) in [4.78, 5) is 0. The number of nitriles is 1. The van der Waals surface area contributed by atoms with Crippen LogP contribution in [-0.4, -0.2) is 6.61 Å². The van der Waals surface area contributed by atoms with Crippen molar-refractivity contribution < 1.29 is 13.5 Å². The van der Waals surface area contributed by atoms with E-state index in [1.54, 1.807) is 24.3 Å². The molecule has 0 unspecified atom stereocenters. The summed E-state index contributed by atoms with van der Waals surface area (Å²) in [5, 5.41) is 11.9. The van der Waals surface area contributed by atoms with Crippen LogP contribution < -0.4 is 10.1 Å². The maximum Gasteiger partial charge on any atom is 0.387 e. The molecular weight excluding hydrogens is 262 g/mol. The van der Waals surface area contributed by atoms with Crippen LogP contribution in [0.1, 0.15) is 11.1 Å². The molecule has 5 heteroatoms. The van der Waals surface area contributed by atoms with E-state index >= 15 is 0 Å². The van der Waals surface area contributed by atoms with E-state index in [0.29, 0.717) is 12.1 Å². The Hall–Kier alpha value is -2.61. The Morgan fingerprint density at radius 3 is 2.25 bits per heavy atom. The molecule has 1 N–H and O–H groups in total. The Labute approximate surface area is 115 Å². The van der Waals surface area contributed by atoms with Gasteiger partial charge >= 0.3 is 6.61 Å². The monoisotopic (exact) mass is 274 g/mol. The van der Waals surface area contributed by atoms with E-state index in [1.165, 1.54) is 12.1 Å². The van der Waals surface area contributed by atoms with Gasteiger partial charge in [0, 0.05) is 12.2 Å². The van der Waals surface area contributed by atoms with Crippen molar-refractivity contribution in [1.29, 1.82) is 5.26 Å². The second kappa shape index (κ2) is 6.53. The van der Waals surface area contributed by atoms with Gasteiger partial charge in [-0.05, 0) is 42.0 Å². The molecule has 0 amide bonds. The van der Waals surface area contributed by atoms with E-state index in [1.807, 2.05) is 18.2 Å². The van der Waals surface area contributed by atoms with Gasteiger partial charge in [0.05, 0.1) is 11.6 Å². The summed E-state index contributed by atoms with van der Waals surface area (Å²) < 4.78 is 28.3. The Morgan fingerprint density at radius 2 is 1.70 bits per heavy atom. The van der Waals surface area contributed by atoms with Crippen LogP contribution in [-0.2, 0) is 6.54 Å². The molecule has 0 aliphatic carbocycles. The van der Waals surface area contributed by atoms with Crippen molar-refractivity contribution in [2.75, 3.05) is 5.32 Å². The first-order chi connectivity index (χ1) is 9.67. The third kappa shape index (κ3) is 3.95. The highest BCUT2D eigenvalue weighted by Gasteiger charge is 2.03. The Bertz CT molecular complexity index is 589. The van der Waals surface area contributed by atoms with Gasteiger partial charge in [-0.25, -0.2) is 0 Å². The van der Waals surface area contributed by atoms with Crippen molar-refractivity contribution in [3.8, 4) is 11.8 Å². The number of halogens is 2. The molecule has 0 fully saturated rings. The molecule has 0 saturated heterocycles. The first-order valence-electron chi connectivity index (χ1n) is 5.95. The molecule has 0 aliphatic rings. The second-order valence-corrected chi connectivity index (χ2v) is 4.07. The van der Waals surface area contributed by atoms with Crippen molar-refractivity contribution in [3.05, 3.63) is 59.7 Å². The Balaban J connectivity index is 1.91. The van der Waals surface area contributed by atoms with Gasteiger partial charge in [-0.2, -0.15) is 14.0 Å². The number of nitrogens with zero attached hydrogens (tertiary/aromatic N) is 1. The number of hydrogen-bond acceptors (Lipinski definition) is 3. The van der Waals surface area contributed by atoms with Crippen LogP contribution in [0.15, 0.2) is 48.5 Å². The quantitative estimate of drug-likeness (QED) is 0.902. The first kappa shape index (κ1) is 13.8. The van der Waals surface area contributed by atoms with Crippen molar-refractivity contribution in [1.82, 2.24) is 0 Å². The van der Waals surface area contributed by atoms with E-state index in [0.717, 1.165) is 11.3 Å². The average Bonchev–Trinajstić information content (AvgIpc) is 2.46. The lowest BCUT2D eigenvalue weighted by Gasteiger charge is -2.08. The number of ether oxygens (including phenoxy) is 1. The van der Waals surface area contributed by atoms with Crippen molar-refractivity contribution >= 4 is 5.69 Å². The van der Waals surface area contributed by atoms with E-state index < -0.39 is 6.61 Å². The summed E-state index contributed by atoms with van der Waals surface area (Å²) in [6.45, 7) is -2.25. The maximum atomic E-state index is 12.0. The molecule has 0 bridgehead atoms. The van der Waals surface area contributed by atoms with Gasteiger partial charge in [-0.15, -0.1) is 0 Å². The van der Waals surface area contributed by atoms with E-state index in [4.69, 9.17) is 5.26 Å². The summed E-state index contributed by atoms with van der Waals surface area (Å²) in [5.41, 5.74) is 2.43. The van der Waals surface area contributed by atoms with Gasteiger partial charge in [0.15, 0.2) is 0 Å². The smallest absolute Gasteiger partial charge is 0.387 e. The van der Waals surface area contributed by atoms with Crippen LogP contribution in [0.2, 0.25) is 0 Å². The van der Waals surface area contributed by atoms with Gasteiger partial charge in [-0.1, -0.05) is 12.1 Å². The lowest BCUT2D eigenvalue weighted by molar-refractivity contribution is -0.0498. The number of rotatable bonds is 5. The molecule has 0 heterocycles. The predicted molar refractivity (Wildman–Crippen MR) is 71.6 cm³/mol. The zero-order valence-corrected chi connectivity index (χ0v) is 10.5. The van der Waals surface area contributed by atoms with Gasteiger partial charge < -0.3 is 10.1 Å². The fourth-order valence-corrected chi connectivity index (χ4v) is 1.66. The molecule has 102 valence electrons. The maximum absolute atomic E-state index is 12.0. The van der Waals surface area contributed by atoms with E-state index in [9.17, 15) is 8.78 Å². The lowest BCUT2D eigenvalue weighted by atomic mass is 10.2. The molecule has 2 aromatic carbocycles. The molecule has 3 nitrogen and oxygen atoms in total. The predicted octanol–water partition coefficient (Wildman–Crippen LogP) is 3.77. The topological polar surface area (TPSA) is 45.0 Å². The fourth-order valence-electron chi connectivity index (χ4n) is 1.66. The summed E-state index contributed by atoms with van der Waals surface area (Å²) in [6.07, 6.45) is 0. The molecule has 0 aromatic heterocycles. The highest BCUT2D eigenvalue weighted by molar-refractivity contribution is 5.47. The number of hydrogen-bond donors (Lipinski definition) is 1. The number of benzene rings is 2. The Kier molecular flexibility index (Phi) is 4.51. The number of nitrogens with one attached hydrogen (secondary N) is 1. The molecule has 2 aromatic rings. The first-order valence-corrected chi connectivity index (χ1v) is 5.95. The highest BCUT2D eigenvalue weighted by Crippen LogP contribution is 2.16. The van der Waals surface area contributed by atoms with Crippen LogP contribution in [0, 0.1) is 11.3 Å². The molecule has 0 spiro atoms. The summed E-state index contributed by atoms with van der Waals surface area (Å²) in [6, 6.07) is 15.6. The standard InChI is InChI=1S/C15H12F2N2O/c16-15(17)20-14-7-3-12(4-8-14)10-19-13-5-1-11(9-18)2-6-13/h1-8,15,19H,10H2. The summed E-state index contributed by atoms with van der Waals surface area (Å²) in [7, 11) is 0. The van der Waals surface area contributed by atoms with E-state index in [2.05, 4.69) is 10.1 Å². The number of anilines is 1. The van der Waals surface area contributed by atoms with Crippen molar-refractivity contribution in [2.24, 2.45) is 0 Å². The van der Waals surface area contributed by atoms with Crippen LogP contribution in [0.4, 0.5) is 14.5 Å². The van der Waals surface area contributed by atoms with Gasteiger partial charge in [0.1, 0.15) is 5.75 Å². The molecule has 2 rings (SSSR count). The molecule has 0 atom stereocenters. The molecule has 0 aliphatic heterocycles. The largest absolute Gasteiger partial charge is 0.435 e. The third-order valence-corrected chi connectivity index (χ3v) is 2.66. The molecule has 20 heavy (non-hydrogen) atoms. The van der Waals surface area contributed by atoms with Crippen LogP contribution >= 0.6 is 0 Å². The second-order valence-electron chi connectivity index (χ2n) is 4.07. The van der Waals surface area contributed by atoms with Gasteiger partial charge in [0.25, 0.3) is 0 Å². The summed E-state index contributed by atoms with van der Waals surface area (Å²) in [5.74, 6) is 0.141. The normalized spacial score (nSPS) is 10.1. The third-order valence-electron chi connectivity index (χ3n) is 2.66. The Morgan fingerprint density at radius 1 is 1.05 bits per heavy atom. The minimum atomic E-state index is -2.81. The minimum absolute atomic E-state index is 0.141. The number of alkyl halides is 2. The lowest BCUT2D eigenvalue weighted by Crippen LogP contribution is -2.02. The fraction of sp³-hybridized carbons (Fsp3) is 0.133. The van der Waals surface area contributed by atoms with Crippen LogP contribution in [0.3, 0.4) is 0 Å². The van der Waals surface area contributed by atoms with Gasteiger partial charge in [-0.3, -0.25) is 0 Å². The zero-order valence-electron chi connectivity index (χ0n) is 10.5.